The number of benzene rings is 2. The minimum absolute atomic E-state index is 0.116. The number of esters is 1. The minimum Gasteiger partial charge on any atom is -0.496 e. The largest absolute Gasteiger partial charge is 0.496 e. The van der Waals surface area contributed by atoms with Crippen LogP contribution in [0.15, 0.2) is 78.5 Å². The molecule has 5 rings (SSSR count). The maximum Gasteiger partial charge on any atom is 0.338 e. The SMILES string of the molecule is CCOC(=O)C1=C(C)N=c2s/c(=C\c3ccc(-c4cc([N+](=O)[O-])ccc4OC)o3)c(=O)n2C1c1ccc(OC)c(Br)c1. The summed E-state index contributed by atoms with van der Waals surface area (Å²) >= 11 is 4.65. The summed E-state index contributed by atoms with van der Waals surface area (Å²) in [5, 5.41) is 11.3. The molecule has 0 fully saturated rings. The number of hydrogen-bond donors (Lipinski definition) is 0. The van der Waals surface area contributed by atoms with Crippen LogP contribution >= 0.6 is 27.3 Å². The number of carbonyl (C=O) groups is 1. The molecule has 0 saturated carbocycles. The predicted molar refractivity (Wildman–Crippen MR) is 158 cm³/mol. The Morgan fingerprint density at radius 2 is 1.90 bits per heavy atom. The van der Waals surface area contributed by atoms with Crippen LogP contribution in [0.4, 0.5) is 5.69 Å². The number of carbonyl (C=O) groups excluding carboxylic acids is 1. The van der Waals surface area contributed by atoms with E-state index in [1.54, 1.807) is 57.4 Å². The summed E-state index contributed by atoms with van der Waals surface area (Å²) in [5.74, 6) is 1.10. The third-order valence-electron chi connectivity index (χ3n) is 6.57. The van der Waals surface area contributed by atoms with Gasteiger partial charge in [0.1, 0.15) is 23.0 Å². The number of thiazole rings is 1. The summed E-state index contributed by atoms with van der Waals surface area (Å²) in [7, 11) is 3.01. The molecule has 0 radical (unpaired) electrons. The average Bonchev–Trinajstić information content (AvgIpc) is 3.55. The van der Waals surface area contributed by atoms with Gasteiger partial charge in [0.05, 0.1) is 57.6 Å². The number of non-ortho nitro benzene ring substituents is 1. The molecule has 2 aromatic carbocycles. The van der Waals surface area contributed by atoms with Crippen molar-refractivity contribution in [2.75, 3.05) is 20.8 Å². The van der Waals surface area contributed by atoms with E-state index in [0.29, 0.717) is 53.6 Å². The van der Waals surface area contributed by atoms with Crippen molar-refractivity contribution in [1.82, 2.24) is 4.57 Å². The first kappa shape index (κ1) is 29.0. The van der Waals surface area contributed by atoms with E-state index in [2.05, 4.69) is 20.9 Å². The first-order chi connectivity index (χ1) is 20.2. The lowest BCUT2D eigenvalue weighted by molar-refractivity contribution is -0.384. The molecular weight excluding hydrogens is 630 g/mol. The Bertz CT molecular complexity index is 1940. The van der Waals surface area contributed by atoms with Crippen LogP contribution in [-0.2, 0) is 9.53 Å². The Morgan fingerprint density at radius 3 is 2.57 bits per heavy atom. The number of hydrogen-bond acceptors (Lipinski definition) is 10. The highest BCUT2D eigenvalue weighted by Gasteiger charge is 2.33. The molecule has 0 amide bonds. The summed E-state index contributed by atoms with van der Waals surface area (Å²) in [6.45, 7) is 3.58. The highest BCUT2D eigenvalue weighted by molar-refractivity contribution is 9.10. The lowest BCUT2D eigenvalue weighted by Gasteiger charge is -2.25. The van der Waals surface area contributed by atoms with E-state index in [9.17, 15) is 19.7 Å². The van der Waals surface area contributed by atoms with E-state index in [1.165, 1.54) is 29.9 Å². The fourth-order valence-electron chi connectivity index (χ4n) is 4.67. The van der Waals surface area contributed by atoms with E-state index in [0.717, 1.165) is 11.3 Å². The molecule has 1 aliphatic heterocycles. The normalized spacial score (nSPS) is 14.8. The molecule has 11 nitrogen and oxygen atoms in total. The van der Waals surface area contributed by atoms with Gasteiger partial charge in [0.25, 0.3) is 11.2 Å². The van der Waals surface area contributed by atoms with Crippen molar-refractivity contribution in [3.05, 3.63) is 105 Å². The van der Waals surface area contributed by atoms with Gasteiger partial charge in [-0.2, -0.15) is 0 Å². The number of rotatable bonds is 8. The van der Waals surface area contributed by atoms with E-state index < -0.39 is 16.9 Å². The fourth-order valence-corrected chi connectivity index (χ4v) is 6.25. The predicted octanol–water partition coefficient (Wildman–Crippen LogP) is 4.75. The summed E-state index contributed by atoms with van der Waals surface area (Å²) in [6, 6.07) is 12.0. The first-order valence-corrected chi connectivity index (χ1v) is 14.2. The number of ether oxygens (including phenoxy) is 3. The van der Waals surface area contributed by atoms with Gasteiger partial charge in [-0.1, -0.05) is 17.4 Å². The summed E-state index contributed by atoms with van der Waals surface area (Å²) < 4.78 is 24.5. The Kier molecular flexibility index (Phi) is 8.14. The van der Waals surface area contributed by atoms with Crippen LogP contribution < -0.4 is 24.4 Å². The van der Waals surface area contributed by atoms with Gasteiger partial charge >= 0.3 is 5.97 Å². The molecule has 42 heavy (non-hydrogen) atoms. The zero-order chi connectivity index (χ0) is 30.1. The molecule has 0 bridgehead atoms. The summed E-state index contributed by atoms with van der Waals surface area (Å²) in [4.78, 5) is 42.8. The zero-order valence-corrected chi connectivity index (χ0v) is 25.3. The molecule has 0 spiro atoms. The molecule has 13 heteroatoms. The van der Waals surface area contributed by atoms with Crippen LogP contribution in [0.3, 0.4) is 0 Å². The summed E-state index contributed by atoms with van der Waals surface area (Å²) in [5.41, 5.74) is 1.26. The van der Waals surface area contributed by atoms with Crippen LogP contribution in [-0.4, -0.2) is 36.3 Å². The van der Waals surface area contributed by atoms with Crippen molar-refractivity contribution in [1.29, 1.82) is 0 Å². The van der Waals surface area contributed by atoms with E-state index in [4.69, 9.17) is 18.6 Å². The van der Waals surface area contributed by atoms with Crippen molar-refractivity contribution >= 4 is 45.0 Å². The van der Waals surface area contributed by atoms with Crippen LogP contribution in [0.5, 0.6) is 11.5 Å². The second kappa shape index (κ2) is 11.8. The van der Waals surface area contributed by atoms with Gasteiger partial charge in [0.15, 0.2) is 4.80 Å². The van der Waals surface area contributed by atoms with Crippen LogP contribution in [0.1, 0.15) is 31.2 Å². The molecule has 1 unspecified atom stereocenters. The fraction of sp³-hybridized carbons (Fsp3) is 0.207. The van der Waals surface area contributed by atoms with Gasteiger partial charge in [0.2, 0.25) is 0 Å². The topological polar surface area (TPSA) is 135 Å². The second-order valence-corrected chi connectivity index (χ2v) is 10.9. The Balaban J connectivity index is 1.64. The standard InChI is InChI=1S/C29H24BrN3O8S/c1-5-40-28(35)25-15(2)31-29-32(26(25)16-6-9-23(39-4)20(30)12-16)27(34)24(42-29)14-18-8-11-22(41-18)19-13-17(33(36)37)7-10-21(19)38-3/h6-14,26H,5H2,1-4H3/b24-14-. The van der Waals surface area contributed by atoms with Crippen molar-refractivity contribution < 1.29 is 28.3 Å². The number of allylic oxidation sites excluding steroid dienone is 1. The van der Waals surface area contributed by atoms with Crippen molar-refractivity contribution in [2.24, 2.45) is 4.99 Å². The number of fused-ring (bicyclic) bond motifs is 1. The molecule has 3 heterocycles. The van der Waals surface area contributed by atoms with Crippen LogP contribution in [0, 0.1) is 10.1 Å². The van der Waals surface area contributed by atoms with Crippen LogP contribution in [0.25, 0.3) is 17.4 Å². The number of nitro benzene ring substituents is 1. The first-order valence-electron chi connectivity index (χ1n) is 12.6. The number of aromatic nitrogens is 1. The van der Waals surface area contributed by atoms with Gasteiger partial charge < -0.3 is 18.6 Å². The Hall–Kier alpha value is -4.49. The number of halogens is 1. The van der Waals surface area contributed by atoms with E-state index in [-0.39, 0.29) is 23.4 Å². The molecule has 216 valence electrons. The monoisotopic (exact) mass is 653 g/mol. The smallest absolute Gasteiger partial charge is 0.338 e. The third-order valence-corrected chi connectivity index (χ3v) is 8.17. The minimum atomic E-state index is -0.800. The third kappa shape index (κ3) is 5.28. The average molecular weight is 654 g/mol. The highest BCUT2D eigenvalue weighted by Crippen LogP contribution is 2.36. The zero-order valence-electron chi connectivity index (χ0n) is 22.9. The lowest BCUT2D eigenvalue weighted by atomic mass is 9.96. The van der Waals surface area contributed by atoms with Crippen molar-refractivity contribution in [2.45, 2.75) is 19.9 Å². The van der Waals surface area contributed by atoms with Crippen molar-refractivity contribution in [3.63, 3.8) is 0 Å². The van der Waals surface area contributed by atoms with Gasteiger partial charge in [-0.25, -0.2) is 9.79 Å². The number of furan rings is 1. The molecule has 2 aromatic heterocycles. The Morgan fingerprint density at radius 1 is 1.17 bits per heavy atom. The molecule has 0 saturated heterocycles. The lowest BCUT2D eigenvalue weighted by Crippen LogP contribution is -2.39. The summed E-state index contributed by atoms with van der Waals surface area (Å²) in [6.07, 6.45) is 1.57. The van der Waals surface area contributed by atoms with Gasteiger partial charge in [-0.15, -0.1) is 0 Å². The van der Waals surface area contributed by atoms with E-state index in [1.807, 2.05) is 0 Å². The molecule has 0 aliphatic carbocycles. The highest BCUT2D eigenvalue weighted by atomic mass is 79.9. The van der Waals surface area contributed by atoms with Gasteiger partial charge in [-0.3, -0.25) is 19.5 Å². The second-order valence-electron chi connectivity index (χ2n) is 9.04. The quantitative estimate of drug-likeness (QED) is 0.151. The molecule has 1 aliphatic rings. The van der Waals surface area contributed by atoms with Gasteiger partial charge in [0, 0.05) is 18.2 Å². The van der Waals surface area contributed by atoms with Crippen molar-refractivity contribution in [3.8, 4) is 22.8 Å². The number of methoxy groups -OCH3 is 2. The molecular formula is C29H24BrN3O8S. The maximum atomic E-state index is 13.9. The Labute approximate surface area is 251 Å². The number of nitro groups is 1. The molecule has 0 N–H and O–H groups in total. The van der Waals surface area contributed by atoms with Crippen LogP contribution in [0.2, 0.25) is 0 Å². The number of nitrogens with zero attached hydrogens (tertiary/aromatic N) is 3. The van der Waals surface area contributed by atoms with Gasteiger partial charge in [-0.05, 0) is 65.7 Å². The molecule has 1 atom stereocenters. The van der Waals surface area contributed by atoms with E-state index >= 15 is 0 Å². The molecule has 4 aromatic rings. The maximum absolute atomic E-state index is 13.9.